The Hall–Kier alpha value is -2.38. The fourth-order valence-corrected chi connectivity index (χ4v) is 5.32. The first-order chi connectivity index (χ1) is 13.5. The molecule has 0 aromatic heterocycles. The van der Waals surface area contributed by atoms with Crippen LogP contribution in [0.15, 0.2) is 36.4 Å². The molecule has 2 aliphatic rings. The fraction of sp³-hybridized carbons (Fsp3) is 0.300. The van der Waals surface area contributed by atoms with Gasteiger partial charge in [-0.1, -0.05) is 29.8 Å². The second-order valence-electron chi connectivity index (χ2n) is 6.53. The third-order valence-electron chi connectivity index (χ3n) is 4.95. The minimum Gasteiger partial charge on any atom is -0.493 e. The Morgan fingerprint density at radius 3 is 2.82 bits per heavy atom. The number of benzene rings is 2. The number of rotatable bonds is 5. The molecule has 6 nitrogen and oxygen atoms in total. The highest BCUT2D eigenvalue weighted by atomic mass is 35.5. The smallest absolute Gasteiger partial charge is 0.260 e. The van der Waals surface area contributed by atoms with Crippen LogP contribution in [0.4, 0.5) is 0 Å². The topological polar surface area (TPSA) is 67.9 Å². The van der Waals surface area contributed by atoms with Gasteiger partial charge in [-0.05, 0) is 23.8 Å². The van der Waals surface area contributed by atoms with Gasteiger partial charge < -0.3 is 19.7 Å². The number of hydrogen-bond donors (Lipinski definition) is 1. The van der Waals surface area contributed by atoms with Crippen molar-refractivity contribution in [2.45, 2.75) is 18.0 Å². The Labute approximate surface area is 172 Å². The lowest BCUT2D eigenvalue weighted by atomic mass is 10.1. The van der Waals surface area contributed by atoms with Gasteiger partial charge in [0, 0.05) is 22.9 Å². The van der Waals surface area contributed by atoms with E-state index in [1.54, 1.807) is 28.8 Å². The van der Waals surface area contributed by atoms with Gasteiger partial charge >= 0.3 is 0 Å². The lowest BCUT2D eigenvalue weighted by Gasteiger charge is -2.22. The SMILES string of the molecule is COc1ccc2c(c1OC)C(=O)N1C(C(=O)NCc3cccc(Cl)c3)CSC21. The third kappa shape index (κ3) is 3.08. The molecule has 2 heterocycles. The zero-order chi connectivity index (χ0) is 19.8. The molecule has 0 bridgehead atoms. The number of nitrogens with one attached hydrogen (secondary N) is 1. The van der Waals surface area contributed by atoms with Crippen molar-refractivity contribution in [3.05, 3.63) is 58.1 Å². The quantitative estimate of drug-likeness (QED) is 0.807. The summed E-state index contributed by atoms with van der Waals surface area (Å²) in [6.07, 6.45) is 0. The molecule has 1 fully saturated rings. The van der Waals surface area contributed by atoms with Gasteiger partial charge in [0.25, 0.3) is 5.91 Å². The normalized spacial score (nSPS) is 20.0. The van der Waals surface area contributed by atoms with Crippen LogP contribution in [-0.4, -0.2) is 42.7 Å². The average molecular weight is 419 g/mol. The molecule has 2 aliphatic heterocycles. The van der Waals surface area contributed by atoms with E-state index in [9.17, 15) is 9.59 Å². The molecule has 8 heteroatoms. The number of amides is 2. The number of carbonyl (C=O) groups is 2. The molecule has 0 aliphatic carbocycles. The van der Waals surface area contributed by atoms with E-state index in [4.69, 9.17) is 21.1 Å². The van der Waals surface area contributed by atoms with Crippen LogP contribution >= 0.6 is 23.4 Å². The van der Waals surface area contributed by atoms with Crippen LogP contribution < -0.4 is 14.8 Å². The van der Waals surface area contributed by atoms with Crippen molar-refractivity contribution in [1.29, 1.82) is 0 Å². The zero-order valence-corrected chi connectivity index (χ0v) is 17.0. The van der Waals surface area contributed by atoms with Gasteiger partial charge in [-0.2, -0.15) is 0 Å². The molecule has 0 radical (unpaired) electrons. The van der Waals surface area contributed by atoms with Gasteiger partial charge in [0.05, 0.1) is 19.8 Å². The van der Waals surface area contributed by atoms with E-state index in [1.807, 2.05) is 24.3 Å². The Morgan fingerprint density at radius 2 is 2.11 bits per heavy atom. The van der Waals surface area contributed by atoms with E-state index < -0.39 is 6.04 Å². The standard InChI is InChI=1S/C20H19ClN2O4S/c1-26-15-7-6-13-16(17(15)27-2)19(25)23-14(10-28-20(13)23)18(24)22-9-11-4-3-5-12(21)8-11/h3-8,14,20H,9-10H2,1-2H3,(H,22,24). The zero-order valence-electron chi connectivity index (χ0n) is 15.4. The van der Waals surface area contributed by atoms with Crippen molar-refractivity contribution in [3.8, 4) is 11.5 Å². The van der Waals surface area contributed by atoms with Crippen LogP contribution in [0.1, 0.15) is 26.9 Å². The maximum atomic E-state index is 13.1. The monoisotopic (exact) mass is 418 g/mol. The molecule has 2 amide bonds. The van der Waals surface area contributed by atoms with Crippen LogP contribution in [0.3, 0.4) is 0 Å². The van der Waals surface area contributed by atoms with E-state index in [2.05, 4.69) is 5.32 Å². The van der Waals surface area contributed by atoms with Gasteiger partial charge in [-0.3, -0.25) is 9.59 Å². The summed E-state index contributed by atoms with van der Waals surface area (Å²) >= 11 is 7.57. The van der Waals surface area contributed by atoms with Crippen LogP contribution in [0.25, 0.3) is 0 Å². The van der Waals surface area contributed by atoms with Gasteiger partial charge in [0.2, 0.25) is 5.91 Å². The van der Waals surface area contributed by atoms with Gasteiger partial charge in [0.15, 0.2) is 11.5 Å². The number of fused-ring (bicyclic) bond motifs is 3. The molecule has 28 heavy (non-hydrogen) atoms. The van der Waals surface area contributed by atoms with E-state index in [0.717, 1.165) is 11.1 Å². The third-order valence-corrected chi connectivity index (χ3v) is 6.49. The summed E-state index contributed by atoms with van der Waals surface area (Å²) in [5.41, 5.74) is 2.25. The molecule has 146 valence electrons. The second kappa shape index (κ2) is 7.56. The van der Waals surface area contributed by atoms with Crippen molar-refractivity contribution in [2.75, 3.05) is 20.0 Å². The number of nitrogens with zero attached hydrogens (tertiary/aromatic N) is 1. The van der Waals surface area contributed by atoms with Crippen LogP contribution in [0.2, 0.25) is 5.02 Å². The van der Waals surface area contributed by atoms with Crippen LogP contribution in [0, 0.1) is 0 Å². The van der Waals surface area contributed by atoms with Gasteiger partial charge in [-0.15, -0.1) is 11.8 Å². The molecule has 4 rings (SSSR count). The lowest BCUT2D eigenvalue weighted by Crippen LogP contribution is -2.45. The van der Waals surface area contributed by atoms with Crippen molar-refractivity contribution in [2.24, 2.45) is 0 Å². The molecular weight excluding hydrogens is 400 g/mol. The summed E-state index contributed by atoms with van der Waals surface area (Å²) in [5.74, 6) is 1.08. The highest BCUT2D eigenvalue weighted by Gasteiger charge is 2.50. The summed E-state index contributed by atoms with van der Waals surface area (Å²) in [5, 5.41) is 3.35. The summed E-state index contributed by atoms with van der Waals surface area (Å²) in [4.78, 5) is 27.6. The Balaban J connectivity index is 1.55. The lowest BCUT2D eigenvalue weighted by molar-refractivity contribution is -0.124. The minimum absolute atomic E-state index is 0.179. The molecule has 2 aromatic rings. The molecule has 2 unspecified atom stereocenters. The highest BCUT2D eigenvalue weighted by molar-refractivity contribution is 7.99. The molecule has 2 aromatic carbocycles. The second-order valence-corrected chi connectivity index (χ2v) is 8.08. The summed E-state index contributed by atoms with van der Waals surface area (Å²) in [7, 11) is 3.04. The number of thioether (sulfide) groups is 1. The Morgan fingerprint density at radius 1 is 1.29 bits per heavy atom. The van der Waals surface area contributed by atoms with Gasteiger partial charge in [0.1, 0.15) is 11.4 Å². The fourth-order valence-electron chi connectivity index (χ4n) is 3.65. The first-order valence-corrected chi connectivity index (χ1v) is 10.2. The minimum atomic E-state index is -0.537. The van der Waals surface area contributed by atoms with Crippen molar-refractivity contribution in [3.63, 3.8) is 0 Å². The Kier molecular flexibility index (Phi) is 5.12. The molecule has 1 saturated heterocycles. The van der Waals surface area contributed by atoms with Crippen LogP contribution in [0.5, 0.6) is 11.5 Å². The molecule has 2 atom stereocenters. The molecule has 1 N–H and O–H groups in total. The summed E-state index contributed by atoms with van der Waals surface area (Å²) in [6, 6.07) is 10.5. The molecular formula is C20H19ClN2O4S. The first-order valence-electron chi connectivity index (χ1n) is 8.76. The first kappa shape index (κ1) is 19.0. The van der Waals surface area contributed by atoms with E-state index >= 15 is 0 Å². The number of ether oxygens (including phenoxy) is 2. The average Bonchev–Trinajstić information content (AvgIpc) is 3.25. The predicted octanol–water partition coefficient (Wildman–Crippen LogP) is 3.24. The number of hydrogen-bond acceptors (Lipinski definition) is 5. The molecule has 0 saturated carbocycles. The van der Waals surface area contributed by atoms with Crippen molar-refractivity contribution < 1.29 is 19.1 Å². The van der Waals surface area contributed by atoms with E-state index in [0.29, 0.717) is 34.4 Å². The summed E-state index contributed by atoms with van der Waals surface area (Å²) < 4.78 is 10.7. The van der Waals surface area contributed by atoms with Gasteiger partial charge in [-0.25, -0.2) is 0 Å². The van der Waals surface area contributed by atoms with E-state index in [1.165, 1.54) is 14.2 Å². The van der Waals surface area contributed by atoms with Crippen molar-refractivity contribution >= 4 is 35.2 Å². The largest absolute Gasteiger partial charge is 0.493 e. The number of methoxy groups -OCH3 is 2. The molecule has 0 spiro atoms. The Bertz CT molecular complexity index is 952. The van der Waals surface area contributed by atoms with Crippen LogP contribution in [-0.2, 0) is 11.3 Å². The van der Waals surface area contributed by atoms with Crippen molar-refractivity contribution in [1.82, 2.24) is 10.2 Å². The number of halogens is 1. The van der Waals surface area contributed by atoms with E-state index in [-0.39, 0.29) is 17.2 Å². The highest BCUT2D eigenvalue weighted by Crippen LogP contribution is 2.52. The maximum Gasteiger partial charge on any atom is 0.260 e. The predicted molar refractivity (Wildman–Crippen MR) is 108 cm³/mol. The maximum absolute atomic E-state index is 13.1. The summed E-state index contributed by atoms with van der Waals surface area (Å²) in [6.45, 7) is 0.358. The number of carbonyl (C=O) groups excluding carboxylic acids is 2.